The molecular weight excluding hydrogens is 154 g/mol. The van der Waals surface area contributed by atoms with E-state index in [1.165, 1.54) is 12.8 Å². The van der Waals surface area contributed by atoms with E-state index in [1.807, 2.05) is 0 Å². The number of hydrogen-bond acceptors (Lipinski definition) is 4. The molecule has 0 amide bonds. The predicted octanol–water partition coefficient (Wildman–Crippen LogP) is 0.838. The molecule has 0 bridgehead atoms. The minimum absolute atomic E-state index is 0.584. The number of nitrogens with zero attached hydrogens (tertiary/aromatic N) is 2. The third kappa shape index (κ3) is 1.64. The third-order valence-corrected chi connectivity index (χ3v) is 2.02. The van der Waals surface area contributed by atoms with E-state index in [2.05, 4.69) is 10.1 Å². The van der Waals surface area contributed by atoms with Crippen LogP contribution in [0.5, 0.6) is 0 Å². The van der Waals surface area contributed by atoms with Gasteiger partial charge in [-0.05, 0) is 25.8 Å². The molecule has 1 heterocycles. The quantitative estimate of drug-likeness (QED) is 0.721. The van der Waals surface area contributed by atoms with Crippen LogP contribution < -0.4 is 5.73 Å². The molecule has 0 radical (unpaired) electrons. The average molecular weight is 167 g/mol. The second-order valence-electron chi connectivity index (χ2n) is 3.21. The maximum absolute atomic E-state index is 5.37. The van der Waals surface area contributed by atoms with Crippen LogP contribution in [0.1, 0.15) is 36.9 Å². The summed E-state index contributed by atoms with van der Waals surface area (Å²) in [6.07, 6.45) is 4.17. The molecule has 1 aromatic heterocycles. The molecule has 1 aliphatic carbocycles. The Morgan fingerprint density at radius 3 is 3.00 bits per heavy atom. The predicted molar refractivity (Wildman–Crippen MR) is 43.6 cm³/mol. The van der Waals surface area contributed by atoms with Gasteiger partial charge in [0.1, 0.15) is 0 Å². The first-order chi connectivity index (χ1) is 5.90. The third-order valence-electron chi connectivity index (χ3n) is 2.02. The largest absolute Gasteiger partial charge is 0.339 e. The number of rotatable bonds is 4. The van der Waals surface area contributed by atoms with Gasteiger partial charge in [0.25, 0.3) is 0 Å². The van der Waals surface area contributed by atoms with Gasteiger partial charge in [-0.15, -0.1) is 0 Å². The van der Waals surface area contributed by atoms with Crippen LogP contribution in [0.25, 0.3) is 0 Å². The van der Waals surface area contributed by atoms with Gasteiger partial charge in [0.05, 0.1) is 0 Å². The second-order valence-corrected chi connectivity index (χ2v) is 3.21. The van der Waals surface area contributed by atoms with E-state index in [4.69, 9.17) is 10.3 Å². The molecule has 4 heteroatoms. The molecule has 0 saturated heterocycles. The Labute approximate surface area is 71.1 Å². The molecule has 2 rings (SSSR count). The van der Waals surface area contributed by atoms with Crippen molar-refractivity contribution in [1.82, 2.24) is 10.1 Å². The van der Waals surface area contributed by atoms with E-state index in [0.717, 1.165) is 24.6 Å². The minimum atomic E-state index is 0.584. The fourth-order valence-electron chi connectivity index (χ4n) is 1.13. The van der Waals surface area contributed by atoms with Crippen LogP contribution in [0.2, 0.25) is 0 Å². The highest BCUT2D eigenvalue weighted by Crippen LogP contribution is 2.38. The first-order valence-corrected chi connectivity index (χ1v) is 4.42. The Morgan fingerprint density at radius 2 is 2.33 bits per heavy atom. The molecule has 0 aliphatic heterocycles. The smallest absolute Gasteiger partial charge is 0.226 e. The van der Waals surface area contributed by atoms with Crippen LogP contribution in [0.3, 0.4) is 0 Å². The number of aryl methyl sites for hydroxylation is 1. The Kier molecular flexibility index (Phi) is 2.08. The summed E-state index contributed by atoms with van der Waals surface area (Å²) < 4.78 is 5.05. The molecule has 4 nitrogen and oxygen atoms in total. The second kappa shape index (κ2) is 3.23. The van der Waals surface area contributed by atoms with Crippen molar-refractivity contribution in [2.75, 3.05) is 6.54 Å². The number of hydrogen-bond donors (Lipinski definition) is 1. The van der Waals surface area contributed by atoms with Gasteiger partial charge >= 0.3 is 0 Å². The Bertz CT molecular complexity index is 255. The van der Waals surface area contributed by atoms with Crippen LogP contribution >= 0.6 is 0 Å². The maximum Gasteiger partial charge on any atom is 0.226 e. The van der Waals surface area contributed by atoms with Crippen molar-refractivity contribution in [3.05, 3.63) is 11.7 Å². The van der Waals surface area contributed by atoms with Crippen molar-refractivity contribution in [3.63, 3.8) is 0 Å². The minimum Gasteiger partial charge on any atom is -0.339 e. The summed E-state index contributed by atoms with van der Waals surface area (Å²) in [5, 5.41) is 3.90. The number of aromatic nitrogens is 2. The lowest BCUT2D eigenvalue weighted by atomic mass is 10.3. The molecule has 0 aromatic carbocycles. The van der Waals surface area contributed by atoms with Crippen LogP contribution in [-0.4, -0.2) is 16.7 Å². The van der Waals surface area contributed by atoms with Crippen LogP contribution in [0.15, 0.2) is 4.52 Å². The lowest BCUT2D eigenvalue weighted by Crippen LogP contribution is -2.00. The summed E-state index contributed by atoms with van der Waals surface area (Å²) >= 11 is 0. The first-order valence-electron chi connectivity index (χ1n) is 4.42. The molecule has 2 N–H and O–H groups in total. The van der Waals surface area contributed by atoms with Gasteiger partial charge in [-0.25, -0.2) is 0 Å². The molecule has 0 atom stereocenters. The van der Waals surface area contributed by atoms with E-state index < -0.39 is 0 Å². The van der Waals surface area contributed by atoms with Gasteiger partial charge in [0.15, 0.2) is 5.82 Å². The van der Waals surface area contributed by atoms with E-state index in [0.29, 0.717) is 12.5 Å². The number of nitrogens with two attached hydrogens (primary N) is 1. The fourth-order valence-corrected chi connectivity index (χ4v) is 1.13. The first kappa shape index (κ1) is 7.73. The van der Waals surface area contributed by atoms with Gasteiger partial charge in [-0.2, -0.15) is 4.98 Å². The summed E-state index contributed by atoms with van der Waals surface area (Å²) in [5.74, 6) is 2.21. The molecular formula is C8H13N3O. The van der Waals surface area contributed by atoms with Gasteiger partial charge in [0, 0.05) is 12.3 Å². The zero-order valence-corrected chi connectivity index (χ0v) is 6.99. The molecule has 0 unspecified atom stereocenters. The van der Waals surface area contributed by atoms with Crippen molar-refractivity contribution in [2.45, 2.75) is 31.6 Å². The van der Waals surface area contributed by atoms with Crippen molar-refractivity contribution < 1.29 is 4.52 Å². The van der Waals surface area contributed by atoms with E-state index in [9.17, 15) is 0 Å². The zero-order valence-electron chi connectivity index (χ0n) is 6.99. The van der Waals surface area contributed by atoms with Crippen molar-refractivity contribution >= 4 is 0 Å². The van der Waals surface area contributed by atoms with Crippen molar-refractivity contribution in [3.8, 4) is 0 Å². The highest BCUT2D eigenvalue weighted by molar-refractivity contribution is 5.03. The van der Waals surface area contributed by atoms with Gasteiger partial charge < -0.3 is 10.3 Å². The van der Waals surface area contributed by atoms with Gasteiger partial charge in [0.2, 0.25) is 5.89 Å². The maximum atomic E-state index is 5.37. The van der Waals surface area contributed by atoms with E-state index in [-0.39, 0.29) is 0 Å². The van der Waals surface area contributed by atoms with Crippen LogP contribution in [0, 0.1) is 0 Å². The summed E-state index contributed by atoms with van der Waals surface area (Å²) in [4.78, 5) is 4.28. The molecule has 1 fully saturated rings. The summed E-state index contributed by atoms with van der Waals surface area (Å²) in [6, 6.07) is 0. The summed E-state index contributed by atoms with van der Waals surface area (Å²) in [5.41, 5.74) is 5.37. The lowest BCUT2D eigenvalue weighted by Gasteiger charge is -1.88. The average Bonchev–Trinajstić information content (AvgIpc) is 2.83. The molecule has 1 aromatic rings. The standard InChI is InChI=1S/C8H13N3O/c9-5-1-2-7-10-8(11-12-7)6-3-4-6/h6H,1-5,9H2. The van der Waals surface area contributed by atoms with Crippen LogP contribution in [0.4, 0.5) is 0 Å². The van der Waals surface area contributed by atoms with E-state index >= 15 is 0 Å². The highest BCUT2D eigenvalue weighted by atomic mass is 16.5. The Balaban J connectivity index is 1.93. The van der Waals surface area contributed by atoms with Gasteiger partial charge in [-0.3, -0.25) is 0 Å². The summed E-state index contributed by atoms with van der Waals surface area (Å²) in [6.45, 7) is 0.682. The topological polar surface area (TPSA) is 64.9 Å². The van der Waals surface area contributed by atoms with Crippen molar-refractivity contribution in [2.24, 2.45) is 5.73 Å². The molecule has 12 heavy (non-hydrogen) atoms. The fraction of sp³-hybridized carbons (Fsp3) is 0.750. The highest BCUT2D eigenvalue weighted by Gasteiger charge is 2.28. The zero-order chi connectivity index (χ0) is 8.39. The van der Waals surface area contributed by atoms with Crippen LogP contribution in [-0.2, 0) is 6.42 Å². The Hall–Kier alpha value is -0.900. The monoisotopic (exact) mass is 167 g/mol. The van der Waals surface area contributed by atoms with Gasteiger partial charge in [-0.1, -0.05) is 5.16 Å². The normalized spacial score (nSPS) is 16.8. The van der Waals surface area contributed by atoms with Crippen molar-refractivity contribution in [1.29, 1.82) is 0 Å². The SMILES string of the molecule is NCCCc1nc(C2CC2)no1. The molecule has 1 saturated carbocycles. The summed E-state index contributed by atoms with van der Waals surface area (Å²) in [7, 11) is 0. The molecule has 0 spiro atoms. The lowest BCUT2D eigenvalue weighted by molar-refractivity contribution is 0.371. The molecule has 1 aliphatic rings. The van der Waals surface area contributed by atoms with E-state index in [1.54, 1.807) is 0 Å². The Morgan fingerprint density at radius 1 is 1.50 bits per heavy atom. The molecule has 66 valence electrons.